The molecule has 104 valence electrons. The van der Waals surface area contributed by atoms with E-state index in [4.69, 9.17) is 0 Å². The first kappa shape index (κ1) is 14.1. The van der Waals surface area contributed by atoms with Crippen molar-refractivity contribution in [3.63, 3.8) is 0 Å². The fourth-order valence-electron chi connectivity index (χ4n) is 1.46. The average molecular weight is 293 g/mol. The van der Waals surface area contributed by atoms with Gasteiger partial charge in [0.1, 0.15) is 11.5 Å². The van der Waals surface area contributed by atoms with E-state index in [1.165, 1.54) is 23.1 Å². The molecule has 0 aliphatic carbocycles. The van der Waals surface area contributed by atoms with Crippen molar-refractivity contribution in [2.75, 3.05) is 19.4 Å². The second-order valence-electron chi connectivity index (χ2n) is 4.20. The van der Waals surface area contributed by atoms with Crippen LogP contribution in [0.1, 0.15) is 20.8 Å². The summed E-state index contributed by atoms with van der Waals surface area (Å²) >= 11 is 1.14. The highest BCUT2D eigenvalue weighted by molar-refractivity contribution is 7.14. The SMILES string of the molecule is CN(C)C(=O)c1csc(NC(=O)c2cccc(F)c2)n1. The lowest BCUT2D eigenvalue weighted by Crippen LogP contribution is -2.22. The van der Waals surface area contributed by atoms with Crippen LogP contribution in [0.25, 0.3) is 0 Å². The molecule has 0 spiro atoms. The molecule has 0 aliphatic heterocycles. The van der Waals surface area contributed by atoms with Crippen LogP contribution in [0, 0.1) is 5.82 Å². The van der Waals surface area contributed by atoms with Gasteiger partial charge in [-0.15, -0.1) is 11.3 Å². The Kier molecular flexibility index (Phi) is 4.09. The molecule has 0 unspecified atom stereocenters. The lowest BCUT2D eigenvalue weighted by Gasteiger charge is -2.06. The molecule has 0 aliphatic rings. The van der Waals surface area contributed by atoms with Gasteiger partial charge in [-0.1, -0.05) is 6.07 Å². The van der Waals surface area contributed by atoms with E-state index in [1.807, 2.05) is 0 Å². The molecule has 1 N–H and O–H groups in total. The fourth-order valence-corrected chi connectivity index (χ4v) is 2.14. The minimum absolute atomic E-state index is 0.195. The number of aromatic nitrogens is 1. The number of amides is 2. The number of benzene rings is 1. The second-order valence-corrected chi connectivity index (χ2v) is 5.06. The first-order chi connectivity index (χ1) is 9.47. The number of carbonyl (C=O) groups is 2. The quantitative estimate of drug-likeness (QED) is 0.944. The zero-order valence-corrected chi connectivity index (χ0v) is 11.7. The van der Waals surface area contributed by atoms with Crippen molar-refractivity contribution < 1.29 is 14.0 Å². The molecule has 1 aromatic heterocycles. The third kappa shape index (κ3) is 3.18. The van der Waals surface area contributed by atoms with Crippen LogP contribution in [-0.4, -0.2) is 35.8 Å². The summed E-state index contributed by atoms with van der Waals surface area (Å²) in [6.07, 6.45) is 0. The van der Waals surface area contributed by atoms with E-state index in [-0.39, 0.29) is 17.2 Å². The van der Waals surface area contributed by atoms with Crippen molar-refractivity contribution in [2.45, 2.75) is 0 Å². The molecular weight excluding hydrogens is 281 g/mol. The van der Waals surface area contributed by atoms with Crippen molar-refractivity contribution in [1.29, 1.82) is 0 Å². The van der Waals surface area contributed by atoms with Gasteiger partial charge in [-0.3, -0.25) is 14.9 Å². The van der Waals surface area contributed by atoms with E-state index >= 15 is 0 Å². The van der Waals surface area contributed by atoms with Crippen LogP contribution in [-0.2, 0) is 0 Å². The zero-order valence-electron chi connectivity index (χ0n) is 10.9. The van der Waals surface area contributed by atoms with Gasteiger partial charge in [-0.2, -0.15) is 0 Å². The number of carbonyl (C=O) groups excluding carboxylic acids is 2. The molecular formula is C13H12FN3O2S. The maximum Gasteiger partial charge on any atom is 0.272 e. The van der Waals surface area contributed by atoms with Gasteiger partial charge in [0.25, 0.3) is 11.8 Å². The summed E-state index contributed by atoms with van der Waals surface area (Å²) < 4.78 is 13.0. The van der Waals surface area contributed by atoms with E-state index in [1.54, 1.807) is 19.5 Å². The lowest BCUT2D eigenvalue weighted by atomic mass is 10.2. The summed E-state index contributed by atoms with van der Waals surface area (Å²) in [5.41, 5.74) is 0.454. The van der Waals surface area contributed by atoms with E-state index < -0.39 is 11.7 Å². The number of hydrogen-bond donors (Lipinski definition) is 1. The normalized spacial score (nSPS) is 10.2. The fraction of sp³-hybridized carbons (Fsp3) is 0.154. The number of hydrogen-bond acceptors (Lipinski definition) is 4. The van der Waals surface area contributed by atoms with E-state index in [9.17, 15) is 14.0 Å². The number of nitrogens with one attached hydrogen (secondary N) is 1. The average Bonchev–Trinajstić information content (AvgIpc) is 2.86. The lowest BCUT2D eigenvalue weighted by molar-refractivity contribution is 0.0822. The molecule has 2 aromatic rings. The number of thiazole rings is 1. The molecule has 0 saturated heterocycles. The van der Waals surface area contributed by atoms with Crippen LogP contribution in [0.15, 0.2) is 29.6 Å². The summed E-state index contributed by atoms with van der Waals surface area (Å²) in [5, 5.41) is 4.39. The first-order valence-electron chi connectivity index (χ1n) is 5.71. The van der Waals surface area contributed by atoms with Gasteiger partial charge in [-0.05, 0) is 18.2 Å². The minimum Gasteiger partial charge on any atom is -0.343 e. The molecule has 2 amide bonds. The number of anilines is 1. The summed E-state index contributed by atoms with van der Waals surface area (Å²) in [5.74, 6) is -1.20. The molecule has 0 bridgehead atoms. The molecule has 0 saturated carbocycles. The van der Waals surface area contributed by atoms with Gasteiger partial charge in [0.05, 0.1) is 0 Å². The van der Waals surface area contributed by atoms with Crippen LogP contribution >= 0.6 is 11.3 Å². The third-order valence-corrected chi connectivity index (χ3v) is 3.19. The molecule has 1 heterocycles. The highest BCUT2D eigenvalue weighted by atomic mass is 32.1. The highest BCUT2D eigenvalue weighted by Crippen LogP contribution is 2.17. The topological polar surface area (TPSA) is 62.3 Å². The zero-order chi connectivity index (χ0) is 14.7. The number of nitrogens with zero attached hydrogens (tertiary/aromatic N) is 2. The van der Waals surface area contributed by atoms with Gasteiger partial charge < -0.3 is 4.90 Å². The van der Waals surface area contributed by atoms with Crippen molar-refractivity contribution in [3.05, 3.63) is 46.7 Å². The molecule has 0 fully saturated rings. The van der Waals surface area contributed by atoms with Crippen LogP contribution in [0.2, 0.25) is 0 Å². The molecule has 0 radical (unpaired) electrons. The maximum absolute atomic E-state index is 13.0. The molecule has 20 heavy (non-hydrogen) atoms. The Morgan fingerprint density at radius 3 is 2.75 bits per heavy atom. The summed E-state index contributed by atoms with van der Waals surface area (Å²) in [7, 11) is 3.24. The Bertz CT molecular complexity index is 655. The molecule has 7 heteroatoms. The van der Waals surface area contributed by atoms with Gasteiger partial charge in [0.2, 0.25) is 0 Å². The predicted molar refractivity (Wildman–Crippen MR) is 74.5 cm³/mol. The van der Waals surface area contributed by atoms with Crippen LogP contribution in [0.3, 0.4) is 0 Å². The molecule has 2 rings (SSSR count). The molecule has 1 aromatic carbocycles. The monoisotopic (exact) mass is 293 g/mol. The summed E-state index contributed by atoms with van der Waals surface area (Å²) in [6.45, 7) is 0. The number of halogens is 1. The van der Waals surface area contributed by atoms with Crippen LogP contribution < -0.4 is 5.32 Å². The van der Waals surface area contributed by atoms with Crippen molar-refractivity contribution >= 4 is 28.3 Å². The Morgan fingerprint density at radius 2 is 2.10 bits per heavy atom. The highest BCUT2D eigenvalue weighted by Gasteiger charge is 2.14. The Morgan fingerprint density at radius 1 is 1.35 bits per heavy atom. The smallest absolute Gasteiger partial charge is 0.272 e. The van der Waals surface area contributed by atoms with E-state index in [0.29, 0.717) is 5.13 Å². The second kappa shape index (κ2) is 5.79. The van der Waals surface area contributed by atoms with Crippen LogP contribution in [0.5, 0.6) is 0 Å². The molecule has 5 nitrogen and oxygen atoms in total. The van der Waals surface area contributed by atoms with Gasteiger partial charge in [0.15, 0.2) is 5.13 Å². The number of rotatable bonds is 3. The maximum atomic E-state index is 13.0. The van der Waals surface area contributed by atoms with Gasteiger partial charge in [0, 0.05) is 25.0 Å². The third-order valence-electron chi connectivity index (χ3n) is 2.44. The first-order valence-corrected chi connectivity index (χ1v) is 6.59. The predicted octanol–water partition coefficient (Wildman–Crippen LogP) is 2.24. The largest absolute Gasteiger partial charge is 0.343 e. The summed E-state index contributed by atoms with van der Waals surface area (Å²) in [6, 6.07) is 5.34. The van der Waals surface area contributed by atoms with Crippen molar-refractivity contribution in [1.82, 2.24) is 9.88 Å². The Labute approximate surface area is 119 Å². The van der Waals surface area contributed by atoms with E-state index in [2.05, 4.69) is 10.3 Å². The minimum atomic E-state index is -0.486. The van der Waals surface area contributed by atoms with Gasteiger partial charge in [-0.25, -0.2) is 9.37 Å². The van der Waals surface area contributed by atoms with Crippen LogP contribution in [0.4, 0.5) is 9.52 Å². The van der Waals surface area contributed by atoms with Gasteiger partial charge >= 0.3 is 0 Å². The standard InChI is InChI=1S/C13H12FN3O2S/c1-17(2)12(19)10-7-20-13(15-10)16-11(18)8-4-3-5-9(14)6-8/h3-7H,1-2H3,(H,15,16,18). The Balaban J connectivity index is 2.11. The van der Waals surface area contributed by atoms with Crippen molar-refractivity contribution in [3.8, 4) is 0 Å². The Hall–Kier alpha value is -2.28. The van der Waals surface area contributed by atoms with E-state index in [0.717, 1.165) is 17.4 Å². The molecule has 0 atom stereocenters. The van der Waals surface area contributed by atoms with Crippen molar-refractivity contribution in [2.24, 2.45) is 0 Å². The summed E-state index contributed by atoms with van der Waals surface area (Å²) in [4.78, 5) is 29.0.